The lowest BCUT2D eigenvalue weighted by molar-refractivity contribution is 0.200. The van der Waals surface area contributed by atoms with Gasteiger partial charge < -0.3 is 9.84 Å². The first kappa shape index (κ1) is 29.7. The normalized spacial score (nSPS) is 12.8. The van der Waals surface area contributed by atoms with Crippen LogP contribution in [0.4, 0.5) is 11.4 Å². The number of hydrogen-bond donors (Lipinski definition) is 4. The first-order chi connectivity index (χ1) is 15.7. The lowest BCUT2D eigenvalue weighted by Crippen LogP contribution is -2.03. The van der Waals surface area contributed by atoms with E-state index in [1.165, 1.54) is 12.1 Å². The predicted molar refractivity (Wildman–Crippen MR) is 121 cm³/mol. The molecule has 190 valence electrons. The molecule has 0 aliphatic rings. The van der Waals surface area contributed by atoms with Crippen molar-refractivity contribution in [2.45, 2.75) is 30.6 Å². The summed E-state index contributed by atoms with van der Waals surface area (Å²) in [4.78, 5) is -0.460. The molecule has 1 unspecified atom stereocenters. The topological polar surface area (TPSA) is 209 Å². The Morgan fingerprint density at radius 3 is 2.06 bits per heavy atom. The molecule has 0 amide bonds. The quantitative estimate of drug-likeness (QED) is 0.268. The third-order valence-corrected chi connectivity index (χ3v) is 5.71. The van der Waals surface area contributed by atoms with Crippen molar-refractivity contribution >= 4 is 43.0 Å². The third kappa shape index (κ3) is 10.3. The van der Waals surface area contributed by atoms with Gasteiger partial charge >= 0.3 is 10.4 Å². The van der Waals surface area contributed by atoms with Crippen LogP contribution in [0.2, 0.25) is 0 Å². The minimum absolute atomic E-state index is 0.0737. The number of aliphatic hydroxyl groups is 1. The first-order valence-electron chi connectivity index (χ1n) is 9.30. The number of aryl methyl sites for hydroxylation is 2. The summed E-state index contributed by atoms with van der Waals surface area (Å²) in [6.07, 6.45) is 0. The van der Waals surface area contributed by atoms with E-state index in [-0.39, 0.29) is 30.4 Å². The number of benzene rings is 2. The molecule has 0 spiro atoms. The maximum absolute atomic E-state index is 11.9. The van der Waals surface area contributed by atoms with E-state index in [1.54, 1.807) is 19.9 Å². The van der Waals surface area contributed by atoms with E-state index in [2.05, 4.69) is 10.2 Å². The van der Waals surface area contributed by atoms with E-state index in [4.69, 9.17) is 31.5 Å². The predicted octanol–water partition coefficient (Wildman–Crippen LogP) is 2.74. The maximum atomic E-state index is 11.9. The number of aliphatic hydroxyl groups excluding tert-OH is 1. The number of hydrogen-bond acceptors (Lipinski definition) is 10. The highest BCUT2D eigenvalue weighted by Crippen LogP contribution is 2.32. The Morgan fingerprint density at radius 2 is 1.53 bits per heavy atom. The van der Waals surface area contributed by atoms with Crippen molar-refractivity contribution in [1.29, 1.82) is 0 Å². The molecule has 0 heterocycles. The zero-order valence-corrected chi connectivity index (χ0v) is 20.7. The second kappa shape index (κ2) is 13.0. The minimum Gasteiger partial charge on any atom is -0.491 e. The van der Waals surface area contributed by atoms with Crippen molar-refractivity contribution in [3.8, 4) is 5.75 Å². The highest BCUT2D eigenvalue weighted by Gasteiger charge is 2.19. The van der Waals surface area contributed by atoms with Crippen LogP contribution in [0.5, 0.6) is 5.75 Å². The minimum atomic E-state index is -4.67. The van der Waals surface area contributed by atoms with Gasteiger partial charge in [-0.3, -0.25) is 17.8 Å². The lowest BCUT2D eigenvalue weighted by Gasteiger charge is -2.10. The van der Waals surface area contributed by atoms with E-state index in [9.17, 15) is 17.2 Å². The molecule has 1 atom stereocenters. The zero-order chi connectivity index (χ0) is 26.1. The molecule has 4 N–H and O–H groups in total. The number of nitrogens with zero attached hydrogens (tertiary/aromatic N) is 2. The molecule has 0 fully saturated rings. The number of azo groups is 1. The SMILES string of the molecule is CCOS(=O)c1ccc(N=Nc2cc(OCCO)c(C)cc2C)c(S(=O)(=O)O)c1.O=S(=O)(O)O. The third-order valence-electron chi connectivity index (χ3n) is 3.73. The van der Waals surface area contributed by atoms with Gasteiger partial charge in [0, 0.05) is 6.07 Å². The molecule has 13 nitrogen and oxygen atoms in total. The average Bonchev–Trinajstić information content (AvgIpc) is 2.70. The molecule has 2 aromatic carbocycles. The van der Waals surface area contributed by atoms with Crippen molar-refractivity contribution in [3.05, 3.63) is 41.5 Å². The second-order valence-electron chi connectivity index (χ2n) is 6.37. The van der Waals surface area contributed by atoms with E-state index in [0.29, 0.717) is 11.4 Å². The van der Waals surface area contributed by atoms with Gasteiger partial charge in [-0.15, -0.1) is 5.11 Å². The Balaban J connectivity index is 0.00000104. The van der Waals surface area contributed by atoms with E-state index in [1.807, 2.05) is 13.0 Å². The molecule has 0 aliphatic heterocycles. The Hall–Kier alpha value is -2.31. The summed E-state index contributed by atoms with van der Waals surface area (Å²) in [5, 5.41) is 16.9. The van der Waals surface area contributed by atoms with Crippen LogP contribution < -0.4 is 4.74 Å². The summed E-state index contributed by atoms with van der Waals surface area (Å²) in [6.45, 7) is 5.43. The smallest absolute Gasteiger partial charge is 0.394 e. The Labute approximate surface area is 199 Å². The Bertz CT molecular complexity index is 1250. The molecule has 0 radical (unpaired) electrons. The monoisotopic (exact) mass is 540 g/mol. The standard InChI is InChI=1S/C18H22N2O7S2.H2O4S/c1-4-27-28(22)14-5-6-15(18(10-14)29(23,24)25)19-20-16-11-17(26-8-7-21)13(3)9-12(16)2;1-5(2,3)4/h5-6,9-11,21H,4,7-8H2,1-3H3,(H,23,24,25);(H2,1,2,3,4). The van der Waals surface area contributed by atoms with Gasteiger partial charge in [0.1, 0.15) is 22.9 Å². The van der Waals surface area contributed by atoms with Gasteiger partial charge in [-0.25, -0.2) is 4.21 Å². The summed E-state index contributed by atoms with van der Waals surface area (Å²) in [7, 11) is -9.31. The van der Waals surface area contributed by atoms with Crippen LogP contribution in [-0.4, -0.2) is 59.6 Å². The molecule has 16 heteroatoms. The number of ether oxygens (including phenoxy) is 1. The van der Waals surface area contributed by atoms with Crippen LogP contribution in [-0.2, 0) is 35.8 Å². The molecule has 2 rings (SSSR count). The van der Waals surface area contributed by atoms with Crippen LogP contribution in [0.1, 0.15) is 18.1 Å². The molecule has 0 saturated carbocycles. The Kier molecular flexibility index (Phi) is 11.3. The lowest BCUT2D eigenvalue weighted by atomic mass is 10.1. The van der Waals surface area contributed by atoms with E-state index in [0.717, 1.165) is 17.2 Å². The van der Waals surface area contributed by atoms with Gasteiger partial charge in [0.25, 0.3) is 10.1 Å². The summed E-state index contributed by atoms with van der Waals surface area (Å²) in [5.74, 6) is 0.510. The van der Waals surface area contributed by atoms with Gasteiger partial charge in [-0.05, 0) is 50.1 Å². The van der Waals surface area contributed by atoms with Crippen LogP contribution in [0.25, 0.3) is 0 Å². The highest BCUT2D eigenvalue weighted by atomic mass is 32.3. The van der Waals surface area contributed by atoms with Crippen molar-refractivity contribution in [2.24, 2.45) is 10.2 Å². The maximum Gasteiger partial charge on any atom is 0.394 e. The molecule has 0 aromatic heterocycles. The van der Waals surface area contributed by atoms with Crippen molar-refractivity contribution in [3.63, 3.8) is 0 Å². The molecule has 0 saturated heterocycles. The van der Waals surface area contributed by atoms with Crippen molar-refractivity contribution in [1.82, 2.24) is 0 Å². The first-order valence-corrected chi connectivity index (χ1v) is 13.2. The highest BCUT2D eigenvalue weighted by molar-refractivity contribution is 7.86. The van der Waals surface area contributed by atoms with E-state index >= 15 is 0 Å². The van der Waals surface area contributed by atoms with Gasteiger partial charge in [0.2, 0.25) is 0 Å². The molecular weight excluding hydrogens is 516 g/mol. The van der Waals surface area contributed by atoms with Crippen LogP contribution >= 0.6 is 0 Å². The van der Waals surface area contributed by atoms with Gasteiger partial charge in [-0.2, -0.15) is 21.9 Å². The Morgan fingerprint density at radius 1 is 0.941 bits per heavy atom. The number of rotatable bonds is 9. The van der Waals surface area contributed by atoms with Gasteiger partial charge in [-0.1, -0.05) is 6.07 Å². The molecule has 0 aliphatic carbocycles. The van der Waals surface area contributed by atoms with Crippen molar-refractivity contribution in [2.75, 3.05) is 19.8 Å². The average molecular weight is 541 g/mol. The zero-order valence-electron chi connectivity index (χ0n) is 18.3. The fourth-order valence-corrected chi connectivity index (χ4v) is 3.88. The van der Waals surface area contributed by atoms with Crippen LogP contribution in [0, 0.1) is 13.8 Å². The summed E-state index contributed by atoms with van der Waals surface area (Å²) in [5.41, 5.74) is 1.91. The second-order valence-corrected chi connectivity index (χ2v) is 9.83. The molecule has 2 aromatic rings. The van der Waals surface area contributed by atoms with Crippen LogP contribution in [0.3, 0.4) is 0 Å². The fraction of sp³-hybridized carbons (Fsp3) is 0.333. The molecule has 34 heavy (non-hydrogen) atoms. The van der Waals surface area contributed by atoms with Gasteiger partial charge in [0.05, 0.1) is 23.8 Å². The van der Waals surface area contributed by atoms with Crippen molar-refractivity contribution < 1.29 is 48.7 Å². The summed E-state index contributed by atoms with van der Waals surface area (Å²) < 4.78 is 86.9. The van der Waals surface area contributed by atoms with Gasteiger partial charge in [0.15, 0.2) is 11.1 Å². The largest absolute Gasteiger partial charge is 0.491 e. The molecule has 0 bridgehead atoms. The summed E-state index contributed by atoms with van der Waals surface area (Å²) >= 11 is -1.87. The van der Waals surface area contributed by atoms with E-state index < -0.39 is 36.5 Å². The van der Waals surface area contributed by atoms with Crippen LogP contribution in [0.15, 0.2) is 50.4 Å². The summed E-state index contributed by atoms with van der Waals surface area (Å²) in [6, 6.07) is 7.14. The molecular formula is C18H24N2O11S3. The fourth-order valence-electron chi connectivity index (χ4n) is 2.41.